The summed E-state index contributed by atoms with van der Waals surface area (Å²) in [5.41, 5.74) is 4.76. The van der Waals surface area contributed by atoms with E-state index in [0.717, 1.165) is 24.7 Å². The fourth-order valence-corrected chi connectivity index (χ4v) is 5.80. The minimum Gasteiger partial charge on any atom is -0.491 e. The standard InChI is InChI=1S/C39H44O7.C7H10O3/c1-38(2,29-9-17-34(18-10-29)43-23-36-25-45-36)27-5-13-32(14-6-27)41-21-31(40)22-42-33-15-7-28(8-16-33)39(3,4)30-11-19-35(20-12-30)44-24-37-26-46-37;1-5(2)7(8)10-4-6-3-9-6/h5-20,31,36-37,40H,21-26H2,1-4H3;6H,1,3-4H2,2H3. The zero-order chi connectivity index (χ0) is 39.7. The molecule has 0 aromatic heterocycles. The highest BCUT2D eigenvalue weighted by Crippen LogP contribution is 2.35. The molecule has 0 aliphatic carbocycles. The van der Waals surface area contributed by atoms with Gasteiger partial charge in [-0.1, -0.05) is 82.8 Å². The normalized spacial score (nSPS) is 18.7. The van der Waals surface area contributed by atoms with E-state index >= 15 is 0 Å². The summed E-state index contributed by atoms with van der Waals surface area (Å²) in [7, 11) is 0. The van der Waals surface area contributed by atoms with Gasteiger partial charge >= 0.3 is 5.97 Å². The molecule has 4 aromatic carbocycles. The molecule has 3 atom stereocenters. The molecule has 10 nitrogen and oxygen atoms in total. The lowest BCUT2D eigenvalue weighted by Crippen LogP contribution is -2.25. The number of aliphatic hydroxyl groups is 1. The Morgan fingerprint density at radius 3 is 1.16 bits per heavy atom. The van der Waals surface area contributed by atoms with Crippen molar-refractivity contribution < 1.29 is 47.8 Å². The Morgan fingerprint density at radius 2 is 0.875 bits per heavy atom. The van der Waals surface area contributed by atoms with Crippen LogP contribution in [0, 0.1) is 0 Å². The Kier molecular flexibility index (Phi) is 13.4. The third kappa shape index (κ3) is 12.1. The van der Waals surface area contributed by atoms with Gasteiger partial charge in [0.15, 0.2) is 0 Å². The maximum Gasteiger partial charge on any atom is 0.333 e. The molecule has 0 radical (unpaired) electrons. The second-order valence-corrected chi connectivity index (χ2v) is 15.5. The molecule has 56 heavy (non-hydrogen) atoms. The van der Waals surface area contributed by atoms with Crippen LogP contribution in [0.3, 0.4) is 0 Å². The van der Waals surface area contributed by atoms with Gasteiger partial charge in [0.2, 0.25) is 0 Å². The van der Waals surface area contributed by atoms with Crippen molar-refractivity contribution in [1.29, 1.82) is 0 Å². The van der Waals surface area contributed by atoms with E-state index in [0.29, 0.717) is 43.5 Å². The van der Waals surface area contributed by atoms with Crippen LogP contribution in [0.15, 0.2) is 109 Å². The molecule has 3 heterocycles. The smallest absolute Gasteiger partial charge is 0.333 e. The predicted molar refractivity (Wildman–Crippen MR) is 213 cm³/mol. The van der Waals surface area contributed by atoms with Crippen LogP contribution in [0.1, 0.15) is 56.9 Å². The molecule has 298 valence electrons. The molecule has 3 saturated heterocycles. The number of epoxide rings is 3. The highest BCUT2D eigenvalue weighted by atomic mass is 16.6. The summed E-state index contributed by atoms with van der Waals surface area (Å²) >= 11 is 0. The minimum absolute atomic E-state index is 0.134. The average Bonchev–Trinajstić information content (AvgIpc) is 4.05. The van der Waals surface area contributed by atoms with Crippen molar-refractivity contribution >= 4 is 5.97 Å². The van der Waals surface area contributed by atoms with Crippen molar-refractivity contribution in [3.63, 3.8) is 0 Å². The van der Waals surface area contributed by atoms with Crippen molar-refractivity contribution in [3.05, 3.63) is 131 Å². The first-order chi connectivity index (χ1) is 26.9. The van der Waals surface area contributed by atoms with Crippen LogP contribution >= 0.6 is 0 Å². The summed E-state index contributed by atoms with van der Waals surface area (Å²) in [4.78, 5) is 10.7. The van der Waals surface area contributed by atoms with Crippen molar-refractivity contribution in [2.45, 2.75) is 69.9 Å². The van der Waals surface area contributed by atoms with E-state index in [-0.39, 0.29) is 48.3 Å². The number of aliphatic hydroxyl groups excluding tert-OH is 1. The number of benzene rings is 4. The molecule has 0 amide bonds. The molecule has 4 aromatic rings. The second-order valence-electron chi connectivity index (χ2n) is 15.5. The number of esters is 1. The summed E-state index contributed by atoms with van der Waals surface area (Å²) in [5.74, 6) is 2.77. The monoisotopic (exact) mass is 766 g/mol. The Hall–Kier alpha value is -4.87. The van der Waals surface area contributed by atoms with Crippen LogP contribution in [0.4, 0.5) is 0 Å². The first-order valence-corrected chi connectivity index (χ1v) is 19.2. The summed E-state index contributed by atoms with van der Waals surface area (Å²) in [6.45, 7) is 18.0. The van der Waals surface area contributed by atoms with E-state index in [1.54, 1.807) is 6.92 Å². The van der Waals surface area contributed by atoms with Crippen molar-refractivity contribution in [2.75, 3.05) is 52.9 Å². The molecular formula is C46H54O10. The Bertz CT molecular complexity index is 1740. The summed E-state index contributed by atoms with van der Waals surface area (Å²) in [6, 6.07) is 32.6. The topological polar surface area (TPSA) is 121 Å². The van der Waals surface area contributed by atoms with Crippen molar-refractivity contribution in [2.24, 2.45) is 0 Å². The van der Waals surface area contributed by atoms with Gasteiger partial charge < -0.3 is 43.0 Å². The Morgan fingerprint density at radius 1 is 0.589 bits per heavy atom. The summed E-state index contributed by atoms with van der Waals surface area (Å²) < 4.78 is 43.3. The number of ether oxygens (including phenoxy) is 8. The van der Waals surface area contributed by atoms with E-state index in [2.05, 4.69) is 82.8 Å². The van der Waals surface area contributed by atoms with Crippen LogP contribution in [0.25, 0.3) is 0 Å². The fourth-order valence-electron chi connectivity index (χ4n) is 5.80. The lowest BCUT2D eigenvalue weighted by Gasteiger charge is -2.26. The number of carbonyl (C=O) groups is 1. The molecule has 3 unspecified atom stereocenters. The summed E-state index contributed by atoms with van der Waals surface area (Å²) in [5, 5.41) is 10.5. The maximum atomic E-state index is 10.7. The first kappa shape index (κ1) is 40.8. The SMILES string of the molecule is C=C(C)C(=O)OCC1CO1.CC(C)(c1ccc(OCC(O)COc2ccc(C(C)(C)c3ccc(OCC4CO4)cc3)cc2)cc1)c1ccc(OCC2CO2)cc1. The Balaban J connectivity index is 0.000000463. The zero-order valence-electron chi connectivity index (χ0n) is 33.0. The fraction of sp³-hybridized carbons (Fsp3) is 0.413. The lowest BCUT2D eigenvalue weighted by molar-refractivity contribution is -0.139. The van der Waals surface area contributed by atoms with Crippen LogP contribution in [-0.4, -0.2) is 88.3 Å². The van der Waals surface area contributed by atoms with Crippen LogP contribution in [0.2, 0.25) is 0 Å². The quantitative estimate of drug-likeness (QED) is 0.0595. The number of hydrogen-bond donors (Lipinski definition) is 1. The van der Waals surface area contributed by atoms with Gasteiger partial charge in [0.1, 0.15) is 80.4 Å². The average molecular weight is 767 g/mol. The highest BCUT2D eigenvalue weighted by Gasteiger charge is 2.27. The third-order valence-electron chi connectivity index (χ3n) is 10.0. The van der Waals surface area contributed by atoms with Crippen molar-refractivity contribution in [3.8, 4) is 23.0 Å². The molecule has 3 aliphatic heterocycles. The lowest BCUT2D eigenvalue weighted by atomic mass is 9.78. The van der Waals surface area contributed by atoms with E-state index < -0.39 is 6.10 Å². The third-order valence-corrected chi connectivity index (χ3v) is 10.0. The van der Waals surface area contributed by atoms with Crippen LogP contribution < -0.4 is 18.9 Å². The van der Waals surface area contributed by atoms with Crippen LogP contribution in [0.5, 0.6) is 23.0 Å². The van der Waals surface area contributed by atoms with Gasteiger partial charge in [-0.3, -0.25) is 0 Å². The molecule has 0 spiro atoms. The van der Waals surface area contributed by atoms with E-state index in [4.69, 9.17) is 37.9 Å². The highest BCUT2D eigenvalue weighted by molar-refractivity contribution is 5.86. The molecular weight excluding hydrogens is 712 g/mol. The van der Waals surface area contributed by atoms with E-state index in [9.17, 15) is 9.90 Å². The van der Waals surface area contributed by atoms with Gasteiger partial charge in [-0.05, 0) is 77.7 Å². The molecule has 3 fully saturated rings. The molecule has 0 saturated carbocycles. The Labute approximate surface area is 330 Å². The number of carbonyl (C=O) groups excluding carboxylic acids is 1. The van der Waals surface area contributed by atoms with Crippen molar-refractivity contribution in [1.82, 2.24) is 0 Å². The number of rotatable bonds is 19. The molecule has 10 heteroatoms. The van der Waals surface area contributed by atoms with Crippen LogP contribution in [-0.2, 0) is 34.6 Å². The second kappa shape index (κ2) is 18.4. The van der Waals surface area contributed by atoms with Gasteiger partial charge in [-0.15, -0.1) is 0 Å². The first-order valence-electron chi connectivity index (χ1n) is 19.2. The minimum atomic E-state index is -0.772. The van der Waals surface area contributed by atoms with E-state index in [1.807, 2.05) is 48.5 Å². The van der Waals surface area contributed by atoms with Gasteiger partial charge in [0.25, 0.3) is 0 Å². The largest absolute Gasteiger partial charge is 0.491 e. The molecule has 1 N–H and O–H groups in total. The van der Waals surface area contributed by atoms with Gasteiger partial charge in [-0.2, -0.15) is 0 Å². The molecule has 7 rings (SSSR count). The van der Waals surface area contributed by atoms with Gasteiger partial charge in [0, 0.05) is 16.4 Å². The molecule has 0 bridgehead atoms. The van der Waals surface area contributed by atoms with E-state index in [1.165, 1.54) is 22.3 Å². The maximum absolute atomic E-state index is 10.7. The van der Waals surface area contributed by atoms with Gasteiger partial charge in [-0.25, -0.2) is 4.79 Å². The zero-order valence-corrected chi connectivity index (χ0v) is 33.0. The van der Waals surface area contributed by atoms with Gasteiger partial charge in [0.05, 0.1) is 19.8 Å². The summed E-state index contributed by atoms with van der Waals surface area (Å²) in [6.07, 6.45) is -0.147. The number of hydrogen-bond acceptors (Lipinski definition) is 10. The predicted octanol–water partition coefficient (Wildman–Crippen LogP) is 7.22. The molecule has 3 aliphatic rings.